The van der Waals surface area contributed by atoms with Crippen molar-refractivity contribution in [2.24, 2.45) is 0 Å². The smallest absolute Gasteiger partial charge is 0.478 e. The van der Waals surface area contributed by atoms with Crippen LogP contribution in [0.4, 0.5) is 26.3 Å². The molecule has 1 aromatic heterocycles. The Labute approximate surface area is 153 Å². The summed E-state index contributed by atoms with van der Waals surface area (Å²) in [4.78, 5) is 11.3. The molecule has 1 heterocycles. The summed E-state index contributed by atoms with van der Waals surface area (Å²) < 4.78 is 80.2. The fourth-order valence-electron chi connectivity index (χ4n) is 2.84. The van der Waals surface area contributed by atoms with E-state index in [1.807, 2.05) is 0 Å². The van der Waals surface area contributed by atoms with Crippen molar-refractivity contribution in [2.45, 2.75) is 19.1 Å². The van der Waals surface area contributed by atoms with Crippen molar-refractivity contribution in [3.8, 4) is 16.9 Å². The number of hydrogen-bond donors (Lipinski definition) is 1. The monoisotopic (exact) mass is 403 g/mol. The van der Waals surface area contributed by atoms with Crippen molar-refractivity contribution in [2.75, 3.05) is 0 Å². The molecule has 1 N–H and O–H groups in total. The minimum Gasteiger partial charge on any atom is -0.478 e. The van der Waals surface area contributed by atoms with Gasteiger partial charge in [0.2, 0.25) is 0 Å². The van der Waals surface area contributed by atoms with Gasteiger partial charge in [0.05, 0.1) is 5.56 Å². The lowest BCUT2D eigenvalue weighted by Gasteiger charge is -2.11. The van der Waals surface area contributed by atoms with Gasteiger partial charge in [-0.25, -0.2) is 4.79 Å². The topological polar surface area (TPSA) is 51.5 Å². The lowest BCUT2D eigenvalue weighted by molar-refractivity contribution is -0.274. The summed E-state index contributed by atoms with van der Waals surface area (Å²) in [5, 5.41) is 9.29. The maximum absolute atomic E-state index is 12.8. The third-order valence-corrected chi connectivity index (χ3v) is 3.86. The number of ether oxygens (including phenoxy) is 1. The molecule has 0 saturated heterocycles. The van der Waals surface area contributed by atoms with Crippen LogP contribution < -0.4 is 4.74 Å². The molecule has 4 nitrogen and oxygen atoms in total. The number of carboxylic acids is 1. The van der Waals surface area contributed by atoms with Crippen LogP contribution in [0.3, 0.4) is 0 Å². The Morgan fingerprint density at radius 3 is 2.29 bits per heavy atom. The van der Waals surface area contributed by atoms with Gasteiger partial charge in [0.25, 0.3) is 0 Å². The molecule has 0 fully saturated rings. The Balaban J connectivity index is 2.10. The van der Waals surface area contributed by atoms with Gasteiger partial charge in [-0.2, -0.15) is 13.2 Å². The zero-order chi connectivity index (χ0) is 20.7. The molecule has 0 amide bonds. The molecule has 28 heavy (non-hydrogen) atoms. The second kappa shape index (κ2) is 6.77. The fraction of sp³-hybridized carbons (Fsp3) is 0.167. The van der Waals surface area contributed by atoms with E-state index >= 15 is 0 Å². The minimum atomic E-state index is -4.89. The molecule has 0 unspecified atom stereocenters. The molecule has 0 spiro atoms. The van der Waals surface area contributed by atoms with Crippen molar-refractivity contribution in [1.82, 2.24) is 4.57 Å². The summed E-state index contributed by atoms with van der Waals surface area (Å²) in [5.41, 5.74) is 0.258. The van der Waals surface area contributed by atoms with Gasteiger partial charge >= 0.3 is 18.5 Å². The zero-order valence-corrected chi connectivity index (χ0v) is 13.8. The van der Waals surface area contributed by atoms with Crippen LogP contribution in [0.15, 0.2) is 48.7 Å². The molecule has 0 bridgehead atoms. The first-order valence-corrected chi connectivity index (χ1v) is 7.72. The zero-order valence-electron chi connectivity index (χ0n) is 13.8. The number of fused-ring (bicyclic) bond motifs is 1. The molecule has 3 aromatic rings. The molecule has 2 aromatic carbocycles. The van der Waals surface area contributed by atoms with Gasteiger partial charge < -0.3 is 14.4 Å². The van der Waals surface area contributed by atoms with Gasteiger partial charge in [0.15, 0.2) is 0 Å². The van der Waals surface area contributed by atoms with E-state index in [0.29, 0.717) is 5.56 Å². The minimum absolute atomic E-state index is 0.00521. The van der Waals surface area contributed by atoms with Crippen molar-refractivity contribution in [3.05, 3.63) is 54.2 Å². The van der Waals surface area contributed by atoms with Gasteiger partial charge in [0, 0.05) is 17.1 Å². The Morgan fingerprint density at radius 1 is 1.00 bits per heavy atom. The highest BCUT2D eigenvalue weighted by atomic mass is 19.4. The maximum Gasteiger partial charge on any atom is 0.573 e. The van der Waals surface area contributed by atoms with Gasteiger partial charge in [-0.15, -0.1) is 13.2 Å². The lowest BCUT2D eigenvalue weighted by Crippen LogP contribution is -2.17. The third-order valence-electron chi connectivity index (χ3n) is 3.86. The Hall–Kier alpha value is -3.17. The number of alkyl halides is 6. The van der Waals surface area contributed by atoms with Crippen molar-refractivity contribution in [3.63, 3.8) is 0 Å². The summed E-state index contributed by atoms with van der Waals surface area (Å²) in [6.07, 6.45) is -8.59. The van der Waals surface area contributed by atoms with Gasteiger partial charge in [0.1, 0.15) is 12.3 Å². The van der Waals surface area contributed by atoms with Crippen LogP contribution in [-0.4, -0.2) is 28.2 Å². The van der Waals surface area contributed by atoms with E-state index in [2.05, 4.69) is 4.74 Å². The number of carbonyl (C=O) groups is 1. The predicted octanol–water partition coefficient (Wildman–Crippen LogP) is 5.47. The fourth-order valence-corrected chi connectivity index (χ4v) is 2.84. The van der Waals surface area contributed by atoms with Crippen LogP contribution in [0.5, 0.6) is 5.75 Å². The van der Waals surface area contributed by atoms with E-state index in [-0.39, 0.29) is 22.0 Å². The quantitative estimate of drug-likeness (QED) is 0.588. The summed E-state index contributed by atoms with van der Waals surface area (Å²) >= 11 is 0. The van der Waals surface area contributed by atoms with E-state index in [1.54, 1.807) is 0 Å². The molecule has 10 heteroatoms. The third kappa shape index (κ3) is 4.38. The molecule has 0 radical (unpaired) electrons. The van der Waals surface area contributed by atoms with Crippen LogP contribution in [0.25, 0.3) is 22.0 Å². The summed E-state index contributed by atoms with van der Waals surface area (Å²) in [6.45, 7) is -1.41. The second-order valence-electron chi connectivity index (χ2n) is 5.90. The number of nitrogens with zero attached hydrogens (tertiary/aromatic N) is 1. The van der Waals surface area contributed by atoms with Gasteiger partial charge in [-0.1, -0.05) is 24.3 Å². The Morgan fingerprint density at radius 2 is 1.68 bits per heavy atom. The average molecular weight is 403 g/mol. The molecule has 0 aliphatic rings. The molecule has 0 atom stereocenters. The second-order valence-corrected chi connectivity index (χ2v) is 5.90. The van der Waals surface area contributed by atoms with E-state index in [0.717, 1.165) is 22.9 Å². The van der Waals surface area contributed by atoms with Gasteiger partial charge in [-0.05, 0) is 29.3 Å². The average Bonchev–Trinajstić information content (AvgIpc) is 2.90. The molecular weight excluding hydrogens is 392 g/mol. The van der Waals surface area contributed by atoms with Crippen molar-refractivity contribution >= 4 is 16.9 Å². The molecule has 0 aliphatic heterocycles. The summed E-state index contributed by atoms with van der Waals surface area (Å²) in [6, 6.07) is 8.96. The lowest BCUT2D eigenvalue weighted by atomic mass is 10.0. The molecule has 148 valence electrons. The maximum atomic E-state index is 12.8. The highest BCUT2D eigenvalue weighted by molar-refractivity contribution is 6.04. The van der Waals surface area contributed by atoms with Gasteiger partial charge in [-0.3, -0.25) is 0 Å². The molecule has 3 rings (SSSR count). The standard InChI is InChI=1S/C18H11F6NO3/c19-17(20,21)9-25-8-14(16(26)27)13-5-4-11(7-15(13)25)10-2-1-3-12(6-10)28-18(22,23)24/h1-8H,9H2,(H,26,27). The Bertz CT molecular complexity index is 1040. The first-order valence-electron chi connectivity index (χ1n) is 7.72. The van der Waals surface area contributed by atoms with Crippen molar-refractivity contribution in [1.29, 1.82) is 0 Å². The van der Waals surface area contributed by atoms with E-state index in [9.17, 15) is 36.2 Å². The SMILES string of the molecule is O=C(O)c1cn(CC(F)(F)F)c2cc(-c3cccc(OC(F)(F)F)c3)ccc12. The number of rotatable bonds is 4. The first-order chi connectivity index (χ1) is 12.9. The number of hydrogen-bond acceptors (Lipinski definition) is 2. The van der Waals surface area contributed by atoms with Crippen molar-refractivity contribution < 1.29 is 41.0 Å². The highest BCUT2D eigenvalue weighted by Gasteiger charge is 2.31. The molecular formula is C18H11F6NO3. The summed E-state index contributed by atoms with van der Waals surface area (Å²) in [5.74, 6) is -1.87. The number of benzene rings is 2. The number of carboxylic acid groups (broad SMARTS) is 1. The molecule has 0 aliphatic carbocycles. The van der Waals surface area contributed by atoms with E-state index < -0.39 is 30.8 Å². The highest BCUT2D eigenvalue weighted by Crippen LogP contribution is 2.32. The number of aromatic carboxylic acids is 1. The Kier molecular flexibility index (Phi) is 4.74. The number of halogens is 6. The molecule has 0 saturated carbocycles. The van der Waals surface area contributed by atoms with Crippen LogP contribution >= 0.6 is 0 Å². The normalized spacial score (nSPS) is 12.4. The largest absolute Gasteiger partial charge is 0.573 e. The van der Waals surface area contributed by atoms with Crippen LogP contribution in [0.2, 0.25) is 0 Å². The van der Waals surface area contributed by atoms with Crippen LogP contribution in [0.1, 0.15) is 10.4 Å². The van der Waals surface area contributed by atoms with Crippen LogP contribution in [-0.2, 0) is 6.54 Å². The summed E-state index contributed by atoms with van der Waals surface area (Å²) in [7, 11) is 0. The number of aromatic nitrogens is 1. The predicted molar refractivity (Wildman–Crippen MR) is 87.1 cm³/mol. The van der Waals surface area contributed by atoms with E-state index in [4.69, 9.17) is 0 Å². The van der Waals surface area contributed by atoms with Crippen LogP contribution in [0, 0.1) is 0 Å². The van der Waals surface area contributed by atoms with E-state index in [1.165, 1.54) is 30.3 Å². The first kappa shape index (κ1) is 19.6.